The van der Waals surface area contributed by atoms with Gasteiger partial charge in [-0.2, -0.15) is 0 Å². The second-order valence-electron chi connectivity index (χ2n) is 6.03. The number of aryl methyl sites for hydroxylation is 1. The maximum absolute atomic E-state index is 12.0. The molecule has 0 saturated carbocycles. The molecule has 0 unspecified atom stereocenters. The van der Waals surface area contributed by atoms with Crippen LogP contribution in [0.3, 0.4) is 0 Å². The Kier molecular flexibility index (Phi) is 3.51. The first-order valence-electron chi connectivity index (χ1n) is 7.49. The molecule has 0 amide bonds. The van der Waals surface area contributed by atoms with Gasteiger partial charge in [-0.15, -0.1) is 0 Å². The number of hydrogen-bond acceptors (Lipinski definition) is 5. The summed E-state index contributed by atoms with van der Waals surface area (Å²) in [6, 6.07) is 3.22. The molecule has 1 aromatic heterocycles. The number of esters is 1. The molecule has 1 aliphatic heterocycles. The van der Waals surface area contributed by atoms with Gasteiger partial charge in [-0.05, 0) is 45.4 Å². The van der Waals surface area contributed by atoms with E-state index in [1.165, 1.54) is 6.07 Å². The fraction of sp³-hybridized carbons (Fsp3) is 0.333. The molecule has 120 valence electrons. The Bertz CT molecular complexity index is 886. The summed E-state index contributed by atoms with van der Waals surface area (Å²) in [7, 11) is 0. The summed E-state index contributed by atoms with van der Waals surface area (Å²) >= 11 is 0. The van der Waals surface area contributed by atoms with Crippen molar-refractivity contribution in [1.82, 2.24) is 0 Å². The summed E-state index contributed by atoms with van der Waals surface area (Å²) in [5.41, 5.74) is 0.979. The van der Waals surface area contributed by atoms with Crippen molar-refractivity contribution in [3.05, 3.63) is 45.3 Å². The van der Waals surface area contributed by atoms with Crippen molar-refractivity contribution in [2.24, 2.45) is 0 Å². The normalized spacial score (nSPS) is 15.1. The standard InChI is InChI=1S/C18H18O5/c1-5-21-16(19)13-8-12-10(2)11-6-7-18(3,4)23-15(11)9-14(12)22-17(13)20/h6-9H,5H2,1-4H3. The van der Waals surface area contributed by atoms with Crippen LogP contribution in [-0.4, -0.2) is 18.2 Å². The third kappa shape index (κ3) is 2.63. The van der Waals surface area contributed by atoms with Gasteiger partial charge in [-0.3, -0.25) is 0 Å². The van der Waals surface area contributed by atoms with Crippen LogP contribution in [0.4, 0.5) is 0 Å². The molecule has 1 aliphatic rings. The van der Waals surface area contributed by atoms with E-state index in [2.05, 4.69) is 0 Å². The number of benzene rings is 1. The zero-order chi connectivity index (χ0) is 16.8. The van der Waals surface area contributed by atoms with Crippen LogP contribution in [0.1, 0.15) is 42.3 Å². The molecule has 0 fully saturated rings. The molecular formula is C18H18O5. The van der Waals surface area contributed by atoms with Gasteiger partial charge in [0.15, 0.2) is 0 Å². The first kappa shape index (κ1) is 15.3. The summed E-state index contributed by atoms with van der Waals surface area (Å²) in [5.74, 6) is -0.0114. The van der Waals surface area contributed by atoms with Gasteiger partial charge in [-0.1, -0.05) is 6.08 Å². The topological polar surface area (TPSA) is 65.7 Å². The molecule has 0 radical (unpaired) electrons. The van der Waals surface area contributed by atoms with Gasteiger partial charge in [0.25, 0.3) is 0 Å². The van der Waals surface area contributed by atoms with Gasteiger partial charge in [-0.25, -0.2) is 9.59 Å². The minimum absolute atomic E-state index is 0.0940. The zero-order valence-corrected chi connectivity index (χ0v) is 13.6. The van der Waals surface area contributed by atoms with Gasteiger partial charge in [0, 0.05) is 17.0 Å². The van der Waals surface area contributed by atoms with E-state index in [0.717, 1.165) is 11.1 Å². The van der Waals surface area contributed by atoms with E-state index in [9.17, 15) is 9.59 Å². The third-order valence-corrected chi connectivity index (χ3v) is 3.83. The highest BCUT2D eigenvalue weighted by Gasteiger charge is 2.25. The van der Waals surface area contributed by atoms with Gasteiger partial charge in [0.2, 0.25) is 0 Å². The Morgan fingerprint density at radius 3 is 2.74 bits per heavy atom. The number of hydrogen-bond donors (Lipinski definition) is 0. The van der Waals surface area contributed by atoms with Crippen LogP contribution >= 0.6 is 0 Å². The second kappa shape index (κ2) is 5.26. The molecule has 0 saturated heterocycles. The van der Waals surface area contributed by atoms with E-state index in [-0.39, 0.29) is 12.2 Å². The molecule has 0 spiro atoms. The summed E-state index contributed by atoms with van der Waals surface area (Å²) in [4.78, 5) is 23.9. The highest BCUT2D eigenvalue weighted by Crippen LogP contribution is 2.37. The SMILES string of the molecule is CCOC(=O)c1cc2c(C)c3c(cc2oc1=O)OC(C)(C)C=C3. The molecule has 5 nitrogen and oxygen atoms in total. The highest BCUT2D eigenvalue weighted by atomic mass is 16.5. The molecule has 0 atom stereocenters. The average molecular weight is 314 g/mol. The highest BCUT2D eigenvalue weighted by molar-refractivity contribution is 5.95. The Hall–Kier alpha value is -2.56. The van der Waals surface area contributed by atoms with Crippen molar-refractivity contribution < 1.29 is 18.7 Å². The number of carbonyl (C=O) groups excluding carboxylic acids is 1. The summed E-state index contributed by atoms with van der Waals surface area (Å²) in [6.45, 7) is 7.69. The second-order valence-corrected chi connectivity index (χ2v) is 6.03. The van der Waals surface area contributed by atoms with Crippen LogP contribution in [0.15, 0.2) is 27.4 Å². The summed E-state index contributed by atoms with van der Waals surface area (Å²) in [5, 5.41) is 0.694. The number of rotatable bonds is 2. The van der Waals surface area contributed by atoms with E-state index < -0.39 is 17.2 Å². The smallest absolute Gasteiger partial charge is 0.351 e. The van der Waals surface area contributed by atoms with E-state index >= 15 is 0 Å². The lowest BCUT2D eigenvalue weighted by Crippen LogP contribution is -2.27. The van der Waals surface area contributed by atoms with Crippen LogP contribution in [0.2, 0.25) is 0 Å². The minimum atomic E-state index is -0.707. The largest absolute Gasteiger partial charge is 0.483 e. The Balaban J connectivity index is 2.24. The van der Waals surface area contributed by atoms with Gasteiger partial charge < -0.3 is 13.9 Å². The lowest BCUT2D eigenvalue weighted by molar-refractivity contribution is 0.0522. The summed E-state index contributed by atoms with van der Waals surface area (Å²) < 4.78 is 16.1. The van der Waals surface area contributed by atoms with Crippen molar-refractivity contribution in [2.45, 2.75) is 33.3 Å². The number of carbonyl (C=O) groups is 1. The van der Waals surface area contributed by atoms with Gasteiger partial charge in [0.1, 0.15) is 22.5 Å². The lowest BCUT2D eigenvalue weighted by Gasteiger charge is -2.28. The third-order valence-electron chi connectivity index (χ3n) is 3.83. The maximum atomic E-state index is 12.0. The van der Waals surface area contributed by atoms with E-state index in [1.54, 1.807) is 13.0 Å². The Morgan fingerprint density at radius 2 is 2.04 bits per heavy atom. The average Bonchev–Trinajstić information content (AvgIpc) is 2.45. The van der Waals surface area contributed by atoms with Crippen molar-refractivity contribution >= 4 is 23.0 Å². The Labute approximate surface area is 133 Å². The maximum Gasteiger partial charge on any atom is 0.351 e. The van der Waals surface area contributed by atoms with Gasteiger partial charge in [0.05, 0.1) is 6.61 Å². The molecule has 3 rings (SSSR count). The molecule has 0 N–H and O–H groups in total. The monoisotopic (exact) mass is 314 g/mol. The molecule has 23 heavy (non-hydrogen) atoms. The minimum Gasteiger partial charge on any atom is -0.483 e. The van der Waals surface area contributed by atoms with Crippen molar-refractivity contribution in [2.75, 3.05) is 6.61 Å². The first-order chi connectivity index (χ1) is 10.8. The first-order valence-corrected chi connectivity index (χ1v) is 7.49. The Morgan fingerprint density at radius 1 is 1.30 bits per heavy atom. The van der Waals surface area contributed by atoms with Crippen molar-refractivity contribution in [3.63, 3.8) is 0 Å². The molecule has 2 aromatic rings. The lowest BCUT2D eigenvalue weighted by atomic mass is 9.96. The quantitative estimate of drug-likeness (QED) is 0.627. The summed E-state index contributed by atoms with van der Waals surface area (Å²) in [6.07, 6.45) is 3.96. The predicted octanol–water partition coefficient (Wildman–Crippen LogP) is 3.46. The molecule has 2 heterocycles. The van der Waals surface area contributed by atoms with E-state index in [1.807, 2.05) is 32.9 Å². The zero-order valence-electron chi connectivity index (χ0n) is 13.6. The van der Waals surface area contributed by atoms with Crippen LogP contribution in [0.25, 0.3) is 17.0 Å². The van der Waals surface area contributed by atoms with Crippen LogP contribution < -0.4 is 10.4 Å². The van der Waals surface area contributed by atoms with E-state index in [4.69, 9.17) is 13.9 Å². The van der Waals surface area contributed by atoms with Crippen LogP contribution in [0.5, 0.6) is 5.75 Å². The molecule has 0 bridgehead atoms. The predicted molar refractivity (Wildman–Crippen MR) is 86.9 cm³/mol. The van der Waals surface area contributed by atoms with Gasteiger partial charge >= 0.3 is 11.6 Å². The fourth-order valence-electron chi connectivity index (χ4n) is 2.66. The van der Waals surface area contributed by atoms with E-state index in [0.29, 0.717) is 16.7 Å². The molecular weight excluding hydrogens is 296 g/mol. The van der Waals surface area contributed by atoms with Crippen LogP contribution in [-0.2, 0) is 4.74 Å². The fourth-order valence-corrected chi connectivity index (χ4v) is 2.66. The molecule has 1 aromatic carbocycles. The molecule has 5 heteroatoms. The number of ether oxygens (including phenoxy) is 2. The van der Waals surface area contributed by atoms with Crippen molar-refractivity contribution in [3.8, 4) is 5.75 Å². The van der Waals surface area contributed by atoms with Crippen molar-refractivity contribution in [1.29, 1.82) is 0 Å². The van der Waals surface area contributed by atoms with Crippen LogP contribution in [0, 0.1) is 6.92 Å². The molecule has 0 aliphatic carbocycles. The number of fused-ring (bicyclic) bond motifs is 2.